The molecule has 0 radical (unpaired) electrons. The molecule has 0 amide bonds. The molecule has 0 unspecified atom stereocenters. The van der Waals surface area contributed by atoms with E-state index in [1.54, 1.807) is 6.08 Å². The molecule has 0 aromatic carbocycles. The van der Waals surface area contributed by atoms with E-state index in [4.69, 9.17) is 5.11 Å². The van der Waals surface area contributed by atoms with E-state index in [9.17, 15) is 4.79 Å². The van der Waals surface area contributed by atoms with Gasteiger partial charge in [-0.05, 0) is 18.8 Å². The third-order valence-electron chi connectivity index (χ3n) is 2.64. The Labute approximate surface area is 66.9 Å². The van der Waals surface area contributed by atoms with Crippen molar-refractivity contribution in [2.45, 2.75) is 27.2 Å². The van der Waals surface area contributed by atoms with Gasteiger partial charge in [0.05, 0.1) is 5.41 Å². The van der Waals surface area contributed by atoms with Gasteiger partial charge >= 0.3 is 5.97 Å². The van der Waals surface area contributed by atoms with Crippen LogP contribution in [0.4, 0.5) is 0 Å². The number of aliphatic carboxylic acids is 1. The molecule has 0 aromatic rings. The predicted octanol–water partition coefficient (Wildman–Crippen LogP) is 2.06. The van der Waals surface area contributed by atoms with E-state index in [2.05, 4.69) is 0 Å². The molecule has 2 heteroatoms. The van der Waals surface area contributed by atoms with E-state index >= 15 is 0 Å². The van der Waals surface area contributed by atoms with E-state index in [1.807, 2.05) is 26.8 Å². The van der Waals surface area contributed by atoms with Gasteiger partial charge in [0.2, 0.25) is 0 Å². The lowest BCUT2D eigenvalue weighted by molar-refractivity contribution is -0.142. The number of hydrogen-bond acceptors (Lipinski definition) is 1. The highest BCUT2D eigenvalue weighted by Gasteiger charge is 2.64. The summed E-state index contributed by atoms with van der Waals surface area (Å²) in [5.41, 5.74) is -0.618. The second kappa shape index (κ2) is 2.10. The van der Waals surface area contributed by atoms with Crippen molar-refractivity contribution in [2.24, 2.45) is 10.8 Å². The minimum absolute atomic E-state index is 0.0503. The Kier molecular flexibility index (Phi) is 1.58. The monoisotopic (exact) mass is 154 g/mol. The minimum atomic E-state index is -0.694. The molecule has 62 valence electrons. The maximum absolute atomic E-state index is 10.8. The van der Waals surface area contributed by atoms with Crippen molar-refractivity contribution in [1.82, 2.24) is 0 Å². The van der Waals surface area contributed by atoms with E-state index in [0.29, 0.717) is 0 Å². The highest BCUT2D eigenvalue weighted by Crippen LogP contribution is 2.64. The average molecular weight is 154 g/mol. The first-order valence-electron chi connectivity index (χ1n) is 3.83. The largest absolute Gasteiger partial charge is 0.481 e. The fourth-order valence-electron chi connectivity index (χ4n) is 1.66. The highest BCUT2D eigenvalue weighted by atomic mass is 16.4. The standard InChI is InChI=1S/C9H14O2/c1-4-5-9(7(10)11)6-8(9,2)3/h4-5H,6H2,1-3H3,(H,10,11)/t9-/m0/s1. The van der Waals surface area contributed by atoms with Gasteiger partial charge < -0.3 is 5.11 Å². The summed E-state index contributed by atoms with van der Waals surface area (Å²) in [5.74, 6) is -0.694. The number of hydrogen-bond donors (Lipinski definition) is 1. The Morgan fingerprint density at radius 2 is 2.00 bits per heavy atom. The van der Waals surface area contributed by atoms with Gasteiger partial charge in [0, 0.05) is 0 Å². The molecule has 1 aliphatic rings. The van der Waals surface area contributed by atoms with Gasteiger partial charge in [0.1, 0.15) is 0 Å². The van der Waals surface area contributed by atoms with Gasteiger partial charge in [0.25, 0.3) is 0 Å². The molecule has 11 heavy (non-hydrogen) atoms. The highest BCUT2D eigenvalue weighted by molar-refractivity contribution is 5.82. The lowest BCUT2D eigenvalue weighted by Gasteiger charge is -2.09. The number of carboxylic acid groups (broad SMARTS) is 1. The van der Waals surface area contributed by atoms with E-state index in [0.717, 1.165) is 6.42 Å². The molecule has 0 spiro atoms. The molecule has 1 N–H and O–H groups in total. The molecular weight excluding hydrogens is 140 g/mol. The van der Waals surface area contributed by atoms with E-state index < -0.39 is 11.4 Å². The van der Waals surface area contributed by atoms with Crippen molar-refractivity contribution >= 4 is 5.97 Å². The lowest BCUT2D eigenvalue weighted by atomic mass is 9.96. The summed E-state index contributed by atoms with van der Waals surface area (Å²) in [6.45, 7) is 5.83. The predicted molar refractivity (Wildman–Crippen MR) is 43.3 cm³/mol. The summed E-state index contributed by atoms with van der Waals surface area (Å²) in [7, 11) is 0. The maximum Gasteiger partial charge on any atom is 0.314 e. The number of carboxylic acids is 1. The Bertz CT molecular complexity index is 216. The second-order valence-electron chi connectivity index (χ2n) is 3.84. The van der Waals surface area contributed by atoms with Crippen molar-refractivity contribution in [3.63, 3.8) is 0 Å². The first-order chi connectivity index (χ1) is 4.96. The first kappa shape index (κ1) is 8.31. The third kappa shape index (κ3) is 0.971. The van der Waals surface area contributed by atoms with E-state index in [-0.39, 0.29) is 5.41 Å². The maximum atomic E-state index is 10.8. The molecule has 0 aromatic heterocycles. The SMILES string of the molecule is CC=C[C@@]1(C(=O)O)CC1(C)C. The van der Waals surface area contributed by atoms with Gasteiger partial charge in [-0.25, -0.2) is 0 Å². The number of carbonyl (C=O) groups is 1. The molecule has 1 saturated carbocycles. The zero-order valence-corrected chi connectivity index (χ0v) is 7.22. The zero-order valence-electron chi connectivity index (χ0n) is 7.22. The van der Waals surface area contributed by atoms with Crippen LogP contribution in [0.1, 0.15) is 27.2 Å². The smallest absolute Gasteiger partial charge is 0.314 e. The van der Waals surface area contributed by atoms with E-state index in [1.165, 1.54) is 0 Å². The van der Waals surface area contributed by atoms with Crippen molar-refractivity contribution in [3.8, 4) is 0 Å². The summed E-state index contributed by atoms with van der Waals surface area (Å²) < 4.78 is 0. The molecule has 1 aliphatic carbocycles. The van der Waals surface area contributed by atoms with Crippen molar-refractivity contribution < 1.29 is 9.90 Å². The van der Waals surface area contributed by atoms with Crippen LogP contribution in [0.25, 0.3) is 0 Å². The molecule has 0 heterocycles. The molecule has 2 nitrogen and oxygen atoms in total. The number of allylic oxidation sites excluding steroid dienone is 1. The quantitative estimate of drug-likeness (QED) is 0.618. The van der Waals surface area contributed by atoms with Crippen LogP contribution in [0, 0.1) is 10.8 Å². The molecule has 0 saturated heterocycles. The fraction of sp³-hybridized carbons (Fsp3) is 0.667. The van der Waals surface area contributed by atoms with Crippen molar-refractivity contribution in [2.75, 3.05) is 0 Å². The van der Waals surface area contributed by atoms with Crippen molar-refractivity contribution in [1.29, 1.82) is 0 Å². The second-order valence-corrected chi connectivity index (χ2v) is 3.84. The topological polar surface area (TPSA) is 37.3 Å². The molecule has 0 aliphatic heterocycles. The molecule has 1 rings (SSSR count). The molecule has 1 fully saturated rings. The summed E-state index contributed by atoms with van der Waals surface area (Å²) in [4.78, 5) is 10.8. The van der Waals surface area contributed by atoms with Crippen molar-refractivity contribution in [3.05, 3.63) is 12.2 Å². The average Bonchev–Trinajstić information content (AvgIpc) is 2.36. The molecule has 0 bridgehead atoms. The van der Waals surface area contributed by atoms with Crippen LogP contribution in [0.2, 0.25) is 0 Å². The fourth-order valence-corrected chi connectivity index (χ4v) is 1.66. The van der Waals surface area contributed by atoms with Crippen LogP contribution in [0.15, 0.2) is 12.2 Å². The minimum Gasteiger partial charge on any atom is -0.481 e. The Morgan fingerprint density at radius 3 is 2.09 bits per heavy atom. The lowest BCUT2D eigenvalue weighted by Crippen LogP contribution is -2.17. The van der Waals surface area contributed by atoms with Crippen LogP contribution >= 0.6 is 0 Å². The van der Waals surface area contributed by atoms with Gasteiger partial charge in [-0.3, -0.25) is 4.79 Å². The summed E-state index contributed by atoms with van der Waals surface area (Å²) in [6, 6.07) is 0. The van der Waals surface area contributed by atoms with Crippen LogP contribution < -0.4 is 0 Å². The number of rotatable bonds is 2. The van der Waals surface area contributed by atoms with Gasteiger partial charge in [-0.15, -0.1) is 0 Å². The van der Waals surface area contributed by atoms with Crippen LogP contribution in [-0.2, 0) is 4.79 Å². The Hall–Kier alpha value is -0.790. The van der Waals surface area contributed by atoms with Gasteiger partial charge in [-0.1, -0.05) is 26.0 Å². The summed E-state index contributed by atoms with van der Waals surface area (Å²) >= 11 is 0. The first-order valence-corrected chi connectivity index (χ1v) is 3.83. The van der Waals surface area contributed by atoms with Gasteiger partial charge in [-0.2, -0.15) is 0 Å². The van der Waals surface area contributed by atoms with Crippen LogP contribution in [0.5, 0.6) is 0 Å². The summed E-state index contributed by atoms with van der Waals surface area (Å²) in [5, 5.41) is 8.92. The molecule has 1 atom stereocenters. The zero-order chi connectivity index (χ0) is 8.70. The Balaban J connectivity index is 2.88. The summed E-state index contributed by atoms with van der Waals surface area (Å²) in [6.07, 6.45) is 4.39. The van der Waals surface area contributed by atoms with Crippen LogP contribution in [0.3, 0.4) is 0 Å². The van der Waals surface area contributed by atoms with Crippen LogP contribution in [-0.4, -0.2) is 11.1 Å². The van der Waals surface area contributed by atoms with Gasteiger partial charge in [0.15, 0.2) is 0 Å². The Morgan fingerprint density at radius 1 is 1.55 bits per heavy atom. The molecular formula is C9H14O2. The normalized spacial score (nSPS) is 34.1. The third-order valence-corrected chi connectivity index (χ3v) is 2.64.